The van der Waals surface area contributed by atoms with E-state index in [-0.39, 0.29) is 24.1 Å². The molecule has 1 aliphatic rings. The predicted molar refractivity (Wildman–Crippen MR) is 118 cm³/mol. The Morgan fingerprint density at radius 3 is 2.52 bits per heavy atom. The van der Waals surface area contributed by atoms with Gasteiger partial charge in [0.2, 0.25) is 0 Å². The maximum absolute atomic E-state index is 12.8. The number of piperidine rings is 1. The van der Waals surface area contributed by atoms with Crippen molar-refractivity contribution in [3.05, 3.63) is 53.7 Å². The molecule has 0 radical (unpaired) electrons. The van der Waals surface area contributed by atoms with Gasteiger partial charge in [0.05, 0.1) is 11.1 Å². The van der Waals surface area contributed by atoms with Crippen molar-refractivity contribution in [2.24, 2.45) is 5.92 Å². The van der Waals surface area contributed by atoms with E-state index < -0.39 is 23.6 Å². The number of rotatable bonds is 5. The van der Waals surface area contributed by atoms with Crippen LogP contribution in [0.25, 0.3) is 0 Å². The molecule has 0 spiro atoms. The van der Waals surface area contributed by atoms with E-state index in [1.54, 1.807) is 23.2 Å². The molecule has 1 aromatic heterocycles. The molecule has 176 valence electrons. The summed E-state index contributed by atoms with van der Waals surface area (Å²) < 4.78 is 38.3. The summed E-state index contributed by atoms with van der Waals surface area (Å²) in [6, 6.07) is 7.54. The van der Waals surface area contributed by atoms with Crippen LogP contribution in [0, 0.1) is 5.92 Å². The maximum Gasteiger partial charge on any atom is 0.416 e. The highest BCUT2D eigenvalue weighted by Gasteiger charge is 2.31. The summed E-state index contributed by atoms with van der Waals surface area (Å²) in [4.78, 5) is 42.9. The first-order valence-electron chi connectivity index (χ1n) is 10.2. The van der Waals surface area contributed by atoms with Gasteiger partial charge in [-0.1, -0.05) is 6.07 Å². The molecule has 0 aliphatic carbocycles. The lowest BCUT2D eigenvalue weighted by Gasteiger charge is -2.32. The van der Waals surface area contributed by atoms with E-state index in [2.05, 4.69) is 15.6 Å². The third-order valence-corrected chi connectivity index (χ3v) is 6.01. The Morgan fingerprint density at radius 1 is 1.12 bits per heavy atom. The van der Waals surface area contributed by atoms with Gasteiger partial charge >= 0.3 is 18.0 Å². The number of thioether (sulfide) groups is 1. The van der Waals surface area contributed by atoms with Gasteiger partial charge in [-0.3, -0.25) is 14.4 Å². The Balaban J connectivity index is 1.46. The van der Waals surface area contributed by atoms with Gasteiger partial charge in [0.25, 0.3) is 5.91 Å². The van der Waals surface area contributed by atoms with Gasteiger partial charge in [-0.2, -0.15) is 13.2 Å². The van der Waals surface area contributed by atoms with Gasteiger partial charge in [0, 0.05) is 31.5 Å². The SMILES string of the molecule is CSc1ncccc1C(=O)N1CCC(CNC(=O)C(=O)Nc2cccc(C(F)(F)F)c2)CC1. The van der Waals surface area contributed by atoms with Crippen molar-refractivity contribution in [2.45, 2.75) is 24.0 Å². The zero-order valence-electron chi connectivity index (χ0n) is 17.8. The number of amides is 3. The van der Waals surface area contributed by atoms with E-state index >= 15 is 0 Å². The molecule has 2 heterocycles. The van der Waals surface area contributed by atoms with E-state index in [4.69, 9.17) is 0 Å². The molecule has 0 bridgehead atoms. The first-order chi connectivity index (χ1) is 15.7. The van der Waals surface area contributed by atoms with Crippen LogP contribution in [0.3, 0.4) is 0 Å². The van der Waals surface area contributed by atoms with Gasteiger partial charge in [0.1, 0.15) is 5.03 Å². The van der Waals surface area contributed by atoms with Crippen molar-refractivity contribution in [3.8, 4) is 0 Å². The van der Waals surface area contributed by atoms with Crippen LogP contribution < -0.4 is 10.6 Å². The van der Waals surface area contributed by atoms with Crippen LogP contribution in [-0.2, 0) is 15.8 Å². The van der Waals surface area contributed by atoms with Gasteiger partial charge < -0.3 is 15.5 Å². The smallest absolute Gasteiger partial charge is 0.348 e. The number of carbonyl (C=O) groups is 3. The molecule has 0 unspecified atom stereocenters. The Morgan fingerprint density at radius 2 is 1.85 bits per heavy atom. The highest BCUT2D eigenvalue weighted by molar-refractivity contribution is 7.98. The molecule has 11 heteroatoms. The zero-order chi connectivity index (χ0) is 24.0. The lowest BCUT2D eigenvalue weighted by Crippen LogP contribution is -2.43. The number of pyridine rings is 1. The van der Waals surface area contributed by atoms with E-state index in [1.165, 1.54) is 17.8 Å². The summed E-state index contributed by atoms with van der Waals surface area (Å²) in [6.07, 6.45) is 0.247. The van der Waals surface area contributed by atoms with E-state index in [1.807, 2.05) is 6.26 Å². The number of anilines is 1. The topological polar surface area (TPSA) is 91.4 Å². The Labute approximate surface area is 193 Å². The molecule has 1 aliphatic heterocycles. The molecule has 2 aromatic rings. The fourth-order valence-corrected chi connectivity index (χ4v) is 4.05. The lowest BCUT2D eigenvalue weighted by molar-refractivity contribution is -0.137. The van der Waals surface area contributed by atoms with Crippen LogP contribution in [-0.4, -0.2) is 53.5 Å². The first-order valence-corrected chi connectivity index (χ1v) is 11.5. The third-order valence-electron chi connectivity index (χ3n) is 5.30. The first kappa shape index (κ1) is 24.6. The number of benzene rings is 1. The molecule has 0 atom stereocenters. The van der Waals surface area contributed by atoms with Crippen molar-refractivity contribution in [1.82, 2.24) is 15.2 Å². The largest absolute Gasteiger partial charge is 0.416 e. The fraction of sp³-hybridized carbons (Fsp3) is 0.364. The summed E-state index contributed by atoms with van der Waals surface area (Å²) in [6.45, 7) is 1.26. The summed E-state index contributed by atoms with van der Waals surface area (Å²) in [5.41, 5.74) is -0.474. The third kappa shape index (κ3) is 6.47. The molecule has 2 N–H and O–H groups in total. The van der Waals surface area contributed by atoms with Gasteiger partial charge in [-0.05, 0) is 55.3 Å². The average molecular weight is 481 g/mol. The Hall–Kier alpha value is -3.08. The minimum Gasteiger partial charge on any atom is -0.348 e. The number of nitrogens with one attached hydrogen (secondary N) is 2. The normalized spacial score (nSPS) is 14.6. The molecule has 1 fully saturated rings. The second-order valence-corrected chi connectivity index (χ2v) is 8.33. The molecule has 1 saturated heterocycles. The van der Waals surface area contributed by atoms with E-state index in [9.17, 15) is 27.6 Å². The number of aromatic nitrogens is 1. The number of hydrogen-bond acceptors (Lipinski definition) is 5. The van der Waals surface area contributed by atoms with Gasteiger partial charge in [-0.15, -0.1) is 11.8 Å². The van der Waals surface area contributed by atoms with Crippen LogP contribution in [0.1, 0.15) is 28.8 Å². The van der Waals surface area contributed by atoms with Crippen LogP contribution in [0.5, 0.6) is 0 Å². The molecule has 33 heavy (non-hydrogen) atoms. The number of nitrogens with zero attached hydrogens (tertiary/aromatic N) is 2. The summed E-state index contributed by atoms with van der Waals surface area (Å²) >= 11 is 1.41. The minimum atomic E-state index is -4.55. The van der Waals surface area contributed by atoms with Crippen molar-refractivity contribution in [2.75, 3.05) is 31.2 Å². The second-order valence-electron chi connectivity index (χ2n) is 7.54. The average Bonchev–Trinajstić information content (AvgIpc) is 2.82. The summed E-state index contributed by atoms with van der Waals surface area (Å²) in [5, 5.41) is 5.37. The van der Waals surface area contributed by atoms with Crippen molar-refractivity contribution in [3.63, 3.8) is 0 Å². The quantitative estimate of drug-likeness (QED) is 0.506. The van der Waals surface area contributed by atoms with Crippen molar-refractivity contribution < 1.29 is 27.6 Å². The predicted octanol–water partition coefficient (Wildman–Crippen LogP) is 3.43. The number of alkyl halides is 3. The summed E-state index contributed by atoms with van der Waals surface area (Å²) in [5.74, 6) is -1.97. The van der Waals surface area contributed by atoms with Crippen molar-refractivity contribution >= 4 is 35.2 Å². The molecular formula is C22H23F3N4O3S. The molecule has 3 rings (SSSR count). The van der Waals surface area contributed by atoms with Crippen molar-refractivity contribution in [1.29, 1.82) is 0 Å². The van der Waals surface area contributed by atoms with Crippen LogP contribution in [0.2, 0.25) is 0 Å². The Kier molecular flexibility index (Phi) is 7.96. The van der Waals surface area contributed by atoms with Gasteiger partial charge in [-0.25, -0.2) is 4.98 Å². The monoisotopic (exact) mass is 480 g/mol. The number of halogens is 3. The van der Waals surface area contributed by atoms with Gasteiger partial charge in [0.15, 0.2) is 0 Å². The number of carbonyl (C=O) groups excluding carboxylic acids is 3. The molecule has 7 nitrogen and oxygen atoms in total. The highest BCUT2D eigenvalue weighted by atomic mass is 32.2. The minimum absolute atomic E-state index is 0.0771. The maximum atomic E-state index is 12.8. The van der Waals surface area contributed by atoms with E-state index in [0.717, 1.165) is 18.2 Å². The number of hydrogen-bond donors (Lipinski definition) is 2. The fourth-order valence-electron chi connectivity index (χ4n) is 3.51. The standard InChI is InChI=1S/C22H23F3N4O3S/c1-33-20-17(6-3-9-26-20)21(32)29-10-7-14(8-11-29)13-27-18(30)19(31)28-16-5-2-4-15(12-16)22(23,24)25/h2-6,9,12,14H,7-8,10-11,13H2,1H3,(H,27,30)(H,28,31). The second kappa shape index (κ2) is 10.7. The van der Waals surface area contributed by atoms with Crippen LogP contribution in [0.15, 0.2) is 47.6 Å². The zero-order valence-corrected chi connectivity index (χ0v) is 18.6. The molecular weight excluding hydrogens is 457 g/mol. The highest BCUT2D eigenvalue weighted by Crippen LogP contribution is 2.30. The molecule has 3 amide bonds. The van der Waals surface area contributed by atoms with Crippen LogP contribution in [0.4, 0.5) is 18.9 Å². The van der Waals surface area contributed by atoms with Crippen LogP contribution >= 0.6 is 11.8 Å². The Bertz CT molecular complexity index is 1020. The van der Waals surface area contributed by atoms with E-state index in [0.29, 0.717) is 36.5 Å². The number of likely N-dealkylation sites (tertiary alicyclic amines) is 1. The molecule has 1 aromatic carbocycles. The summed E-state index contributed by atoms with van der Waals surface area (Å²) in [7, 11) is 0. The lowest BCUT2D eigenvalue weighted by atomic mass is 9.96. The molecule has 0 saturated carbocycles.